The lowest BCUT2D eigenvalue weighted by Crippen LogP contribution is -2.47. The van der Waals surface area contributed by atoms with Crippen LogP contribution in [0, 0.1) is 5.92 Å². The molecule has 0 saturated carbocycles. The minimum Gasteiger partial charge on any atom is -0.328 e. The molecule has 0 spiro atoms. The summed E-state index contributed by atoms with van der Waals surface area (Å²) in [5.74, 6) is -0.972. The van der Waals surface area contributed by atoms with Crippen LogP contribution in [0.15, 0.2) is 4.99 Å². The summed E-state index contributed by atoms with van der Waals surface area (Å²) >= 11 is 0. The summed E-state index contributed by atoms with van der Waals surface area (Å²) in [6.07, 6.45) is 10.7. The Kier molecular flexibility index (Phi) is 15.3. The SMILES string of the molecule is CCCCCCCCC(CCN=C=O)C(OCC)(OCC)OCC. The number of isocyanates is 1. The second kappa shape index (κ2) is 15.8. The number of unbranched alkanes of at least 4 members (excludes halogenated alkanes) is 5. The zero-order valence-corrected chi connectivity index (χ0v) is 16.1. The lowest BCUT2D eigenvalue weighted by Gasteiger charge is -2.39. The van der Waals surface area contributed by atoms with Crippen LogP contribution in [0.3, 0.4) is 0 Å². The van der Waals surface area contributed by atoms with Crippen LogP contribution in [-0.4, -0.2) is 38.4 Å². The molecule has 0 heterocycles. The molecular formula is C19H37NO4. The van der Waals surface area contributed by atoms with Gasteiger partial charge >= 0.3 is 0 Å². The summed E-state index contributed by atoms with van der Waals surface area (Å²) in [6.45, 7) is 10.0. The highest BCUT2D eigenvalue weighted by Gasteiger charge is 2.41. The van der Waals surface area contributed by atoms with Gasteiger partial charge < -0.3 is 14.2 Å². The Hall–Kier alpha value is -0.740. The van der Waals surface area contributed by atoms with Crippen molar-refractivity contribution in [3.05, 3.63) is 0 Å². The Morgan fingerprint density at radius 3 is 1.88 bits per heavy atom. The van der Waals surface area contributed by atoms with Crippen LogP contribution in [0.5, 0.6) is 0 Å². The first-order valence-corrected chi connectivity index (χ1v) is 9.66. The van der Waals surface area contributed by atoms with Crippen LogP contribution < -0.4 is 0 Å². The van der Waals surface area contributed by atoms with E-state index in [2.05, 4.69) is 11.9 Å². The molecule has 0 saturated heterocycles. The number of hydrogen-bond acceptors (Lipinski definition) is 5. The number of carbonyl (C=O) groups excluding carboxylic acids is 1. The highest BCUT2D eigenvalue weighted by atomic mass is 16.9. The highest BCUT2D eigenvalue weighted by Crippen LogP contribution is 2.33. The van der Waals surface area contributed by atoms with Crippen molar-refractivity contribution in [2.75, 3.05) is 26.4 Å². The molecule has 0 amide bonds. The number of rotatable bonds is 17. The van der Waals surface area contributed by atoms with Crippen molar-refractivity contribution >= 4 is 6.08 Å². The molecule has 0 radical (unpaired) electrons. The van der Waals surface area contributed by atoms with E-state index in [9.17, 15) is 4.79 Å². The van der Waals surface area contributed by atoms with Gasteiger partial charge in [-0.15, -0.1) is 0 Å². The Morgan fingerprint density at radius 1 is 0.833 bits per heavy atom. The Balaban J connectivity index is 4.83. The second-order valence-electron chi connectivity index (χ2n) is 5.92. The monoisotopic (exact) mass is 343 g/mol. The van der Waals surface area contributed by atoms with Gasteiger partial charge in [0.1, 0.15) is 0 Å². The molecule has 0 aromatic rings. The predicted molar refractivity (Wildman–Crippen MR) is 96.7 cm³/mol. The van der Waals surface area contributed by atoms with E-state index < -0.39 is 5.97 Å². The molecular weight excluding hydrogens is 306 g/mol. The van der Waals surface area contributed by atoms with Crippen LogP contribution in [0.2, 0.25) is 0 Å². The summed E-state index contributed by atoms with van der Waals surface area (Å²) in [4.78, 5) is 14.1. The summed E-state index contributed by atoms with van der Waals surface area (Å²) in [5.41, 5.74) is 0. The maximum absolute atomic E-state index is 10.4. The summed E-state index contributed by atoms with van der Waals surface area (Å²) < 4.78 is 17.7. The predicted octanol–water partition coefficient (Wildman–Crippen LogP) is 4.84. The van der Waals surface area contributed by atoms with E-state index in [-0.39, 0.29) is 5.92 Å². The molecule has 0 bridgehead atoms. The summed E-state index contributed by atoms with van der Waals surface area (Å²) in [6, 6.07) is 0. The Morgan fingerprint density at radius 2 is 1.38 bits per heavy atom. The lowest BCUT2D eigenvalue weighted by atomic mass is 9.94. The third-order valence-corrected chi connectivity index (χ3v) is 4.10. The first-order chi connectivity index (χ1) is 11.7. The zero-order chi connectivity index (χ0) is 18.1. The fourth-order valence-corrected chi connectivity index (χ4v) is 3.02. The summed E-state index contributed by atoms with van der Waals surface area (Å²) in [7, 11) is 0. The quantitative estimate of drug-likeness (QED) is 0.164. The second-order valence-corrected chi connectivity index (χ2v) is 5.92. The minimum absolute atomic E-state index is 0.0561. The topological polar surface area (TPSA) is 57.1 Å². The Bertz CT molecular complexity index is 312. The van der Waals surface area contributed by atoms with Crippen molar-refractivity contribution < 1.29 is 19.0 Å². The molecule has 142 valence electrons. The van der Waals surface area contributed by atoms with Gasteiger partial charge in [0.05, 0.1) is 6.54 Å². The maximum Gasteiger partial charge on any atom is 0.285 e. The molecule has 5 heteroatoms. The van der Waals surface area contributed by atoms with Gasteiger partial charge in [0, 0.05) is 25.7 Å². The van der Waals surface area contributed by atoms with E-state index in [1.54, 1.807) is 6.08 Å². The van der Waals surface area contributed by atoms with Crippen LogP contribution in [0.25, 0.3) is 0 Å². The molecule has 0 aliphatic heterocycles. The van der Waals surface area contributed by atoms with E-state index in [1.807, 2.05) is 20.8 Å². The fourth-order valence-electron chi connectivity index (χ4n) is 3.02. The summed E-state index contributed by atoms with van der Waals surface area (Å²) in [5, 5.41) is 0. The van der Waals surface area contributed by atoms with Crippen LogP contribution in [-0.2, 0) is 19.0 Å². The molecule has 1 atom stereocenters. The van der Waals surface area contributed by atoms with E-state index in [4.69, 9.17) is 14.2 Å². The van der Waals surface area contributed by atoms with Crippen molar-refractivity contribution in [1.82, 2.24) is 0 Å². The highest BCUT2D eigenvalue weighted by molar-refractivity contribution is 5.32. The van der Waals surface area contributed by atoms with Crippen LogP contribution in [0.1, 0.15) is 79.1 Å². The van der Waals surface area contributed by atoms with E-state index in [0.29, 0.717) is 32.8 Å². The number of ether oxygens (including phenoxy) is 3. The first kappa shape index (κ1) is 23.3. The average molecular weight is 344 g/mol. The lowest BCUT2D eigenvalue weighted by molar-refractivity contribution is -0.403. The number of hydrogen-bond donors (Lipinski definition) is 0. The van der Waals surface area contributed by atoms with Gasteiger partial charge in [-0.2, -0.15) is 0 Å². The van der Waals surface area contributed by atoms with Gasteiger partial charge in [-0.25, -0.2) is 9.79 Å². The average Bonchev–Trinajstić information content (AvgIpc) is 2.57. The molecule has 5 nitrogen and oxygen atoms in total. The van der Waals surface area contributed by atoms with Crippen molar-refractivity contribution in [3.63, 3.8) is 0 Å². The number of aliphatic imine (C=N–C) groups is 1. The number of nitrogens with zero attached hydrogens (tertiary/aromatic N) is 1. The van der Waals surface area contributed by atoms with Gasteiger partial charge in [-0.1, -0.05) is 45.4 Å². The van der Waals surface area contributed by atoms with Gasteiger partial charge in [0.25, 0.3) is 5.97 Å². The molecule has 0 N–H and O–H groups in total. The maximum atomic E-state index is 10.4. The van der Waals surface area contributed by atoms with Crippen molar-refractivity contribution in [3.8, 4) is 0 Å². The molecule has 0 rings (SSSR count). The van der Waals surface area contributed by atoms with Gasteiger partial charge in [0.15, 0.2) is 0 Å². The van der Waals surface area contributed by atoms with E-state index in [1.165, 1.54) is 32.1 Å². The smallest absolute Gasteiger partial charge is 0.285 e. The zero-order valence-electron chi connectivity index (χ0n) is 16.1. The minimum atomic E-state index is -1.03. The van der Waals surface area contributed by atoms with Crippen molar-refractivity contribution in [2.45, 2.75) is 85.0 Å². The van der Waals surface area contributed by atoms with Crippen molar-refractivity contribution in [2.24, 2.45) is 10.9 Å². The van der Waals surface area contributed by atoms with Gasteiger partial charge in [-0.05, 0) is 33.6 Å². The molecule has 0 aliphatic carbocycles. The molecule has 0 aromatic heterocycles. The molecule has 0 fully saturated rings. The first-order valence-electron chi connectivity index (χ1n) is 9.66. The van der Waals surface area contributed by atoms with Crippen LogP contribution >= 0.6 is 0 Å². The molecule has 0 aromatic carbocycles. The third-order valence-electron chi connectivity index (χ3n) is 4.10. The molecule has 1 unspecified atom stereocenters. The van der Waals surface area contributed by atoms with E-state index >= 15 is 0 Å². The standard InChI is InChI=1S/C19H37NO4/c1-5-9-10-11-12-13-14-18(15-16-20-17-21)19(22-6-2,23-7-3)24-8-4/h18H,5-16H2,1-4H3. The third kappa shape index (κ3) is 9.53. The molecule has 24 heavy (non-hydrogen) atoms. The van der Waals surface area contributed by atoms with Crippen molar-refractivity contribution in [1.29, 1.82) is 0 Å². The van der Waals surface area contributed by atoms with Crippen LogP contribution in [0.4, 0.5) is 0 Å². The van der Waals surface area contributed by atoms with Gasteiger partial charge in [-0.3, -0.25) is 0 Å². The fraction of sp³-hybridized carbons (Fsp3) is 0.947. The largest absolute Gasteiger partial charge is 0.328 e. The Labute approximate surface area is 148 Å². The normalized spacial score (nSPS) is 12.8. The van der Waals surface area contributed by atoms with Gasteiger partial charge in [0.2, 0.25) is 6.08 Å². The molecule has 0 aliphatic rings. The van der Waals surface area contributed by atoms with E-state index in [0.717, 1.165) is 12.8 Å².